The number of nitrogens with zero attached hydrogens (tertiary/aromatic N) is 1. The number of carbonyl (C=O) groups is 1. The van der Waals surface area contributed by atoms with Crippen molar-refractivity contribution in [2.24, 2.45) is 0 Å². The van der Waals surface area contributed by atoms with Gasteiger partial charge in [0.15, 0.2) is 0 Å². The second kappa shape index (κ2) is 8.37. The fourth-order valence-electron chi connectivity index (χ4n) is 3.02. The van der Waals surface area contributed by atoms with Crippen molar-refractivity contribution in [3.63, 3.8) is 0 Å². The number of amides is 1. The average Bonchev–Trinajstić information content (AvgIpc) is 3.49. The van der Waals surface area contributed by atoms with Gasteiger partial charge in [-0.3, -0.25) is 9.69 Å². The Balaban J connectivity index is 1.53. The van der Waals surface area contributed by atoms with Crippen LogP contribution in [-0.2, 0) is 6.61 Å². The molecule has 1 unspecified atom stereocenters. The second-order valence-corrected chi connectivity index (χ2v) is 7.26. The number of likely N-dealkylation sites (N-methyl/N-ethyl adjacent to an activating group) is 1. The lowest BCUT2D eigenvalue weighted by molar-refractivity contribution is 0.0939. The van der Waals surface area contributed by atoms with Gasteiger partial charge in [0.1, 0.15) is 12.4 Å². The minimum absolute atomic E-state index is 0.0537. The van der Waals surface area contributed by atoms with E-state index in [0.717, 1.165) is 5.56 Å². The molecule has 1 N–H and O–H groups in total. The van der Waals surface area contributed by atoms with Crippen LogP contribution in [0, 0.1) is 6.92 Å². The largest absolute Gasteiger partial charge is 0.489 e. The zero-order valence-electron chi connectivity index (χ0n) is 15.9. The summed E-state index contributed by atoms with van der Waals surface area (Å²) in [5, 5.41) is 3.03. The van der Waals surface area contributed by atoms with Crippen LogP contribution >= 0.6 is 0 Å². The topological polar surface area (TPSA) is 41.6 Å². The van der Waals surface area contributed by atoms with E-state index >= 15 is 0 Å². The van der Waals surface area contributed by atoms with Gasteiger partial charge in [0.2, 0.25) is 0 Å². The molecule has 0 radical (unpaired) electrons. The summed E-state index contributed by atoms with van der Waals surface area (Å²) >= 11 is 0. The minimum Gasteiger partial charge on any atom is -0.489 e. The molecule has 1 fully saturated rings. The molecule has 0 saturated heterocycles. The molecule has 0 spiro atoms. The van der Waals surface area contributed by atoms with E-state index < -0.39 is 0 Å². The van der Waals surface area contributed by atoms with Crippen molar-refractivity contribution < 1.29 is 9.53 Å². The molecule has 4 nitrogen and oxygen atoms in total. The molecule has 1 atom stereocenters. The molecule has 3 rings (SSSR count). The van der Waals surface area contributed by atoms with Crippen molar-refractivity contribution >= 4 is 5.91 Å². The molecule has 4 heteroatoms. The number of rotatable bonds is 8. The highest BCUT2D eigenvalue weighted by Gasteiger charge is 2.29. The van der Waals surface area contributed by atoms with Crippen molar-refractivity contribution in [1.82, 2.24) is 10.2 Å². The highest BCUT2D eigenvalue weighted by Crippen LogP contribution is 2.26. The second-order valence-electron chi connectivity index (χ2n) is 7.26. The van der Waals surface area contributed by atoms with Crippen LogP contribution in [0.1, 0.15) is 41.3 Å². The van der Waals surface area contributed by atoms with Gasteiger partial charge in [-0.1, -0.05) is 35.9 Å². The van der Waals surface area contributed by atoms with Crippen LogP contribution in [0.25, 0.3) is 0 Å². The number of hydrogen-bond acceptors (Lipinski definition) is 3. The Kier molecular flexibility index (Phi) is 5.94. The number of aryl methyl sites for hydroxylation is 1. The summed E-state index contributed by atoms with van der Waals surface area (Å²) < 4.78 is 5.85. The van der Waals surface area contributed by atoms with Crippen LogP contribution in [0.4, 0.5) is 0 Å². The van der Waals surface area contributed by atoms with Crippen LogP contribution in [0.5, 0.6) is 5.75 Å². The van der Waals surface area contributed by atoms with E-state index in [1.54, 1.807) is 6.07 Å². The summed E-state index contributed by atoms with van der Waals surface area (Å²) in [6.07, 6.45) is 2.55. The highest BCUT2D eigenvalue weighted by atomic mass is 16.5. The third kappa shape index (κ3) is 5.09. The molecule has 1 aliphatic rings. The molecule has 0 aliphatic heterocycles. The van der Waals surface area contributed by atoms with Gasteiger partial charge in [-0.15, -0.1) is 0 Å². The third-order valence-electron chi connectivity index (χ3n) is 4.96. The smallest absolute Gasteiger partial charge is 0.251 e. The van der Waals surface area contributed by atoms with Gasteiger partial charge in [0.05, 0.1) is 0 Å². The van der Waals surface area contributed by atoms with Gasteiger partial charge in [-0.05, 0) is 57.5 Å². The number of hydrogen-bond donors (Lipinski definition) is 1. The summed E-state index contributed by atoms with van der Waals surface area (Å²) in [6.45, 7) is 5.37. The SMILES string of the molecule is Cc1cccc(COc2cccc(C(=O)NCC(C)N(C)C3CC3)c2)c1. The zero-order chi connectivity index (χ0) is 18.5. The molecule has 26 heavy (non-hydrogen) atoms. The summed E-state index contributed by atoms with van der Waals surface area (Å²) in [6, 6.07) is 16.7. The first-order valence-electron chi connectivity index (χ1n) is 9.31. The Morgan fingerprint density at radius 2 is 2.00 bits per heavy atom. The predicted molar refractivity (Wildman–Crippen MR) is 105 cm³/mol. The molecular weight excluding hydrogens is 324 g/mol. The Labute approximate surface area is 156 Å². The van der Waals surface area contributed by atoms with Crippen molar-refractivity contribution in [2.75, 3.05) is 13.6 Å². The fraction of sp³-hybridized carbons (Fsp3) is 0.409. The summed E-state index contributed by atoms with van der Waals surface area (Å²) in [5.74, 6) is 0.657. The highest BCUT2D eigenvalue weighted by molar-refractivity contribution is 5.94. The monoisotopic (exact) mass is 352 g/mol. The van der Waals surface area contributed by atoms with E-state index in [4.69, 9.17) is 4.74 Å². The minimum atomic E-state index is -0.0537. The third-order valence-corrected chi connectivity index (χ3v) is 4.96. The van der Waals surface area contributed by atoms with Crippen molar-refractivity contribution in [3.05, 3.63) is 65.2 Å². The number of carbonyl (C=O) groups excluding carboxylic acids is 1. The molecular formula is C22H28N2O2. The Morgan fingerprint density at radius 1 is 1.23 bits per heavy atom. The summed E-state index contributed by atoms with van der Waals surface area (Å²) in [5.41, 5.74) is 2.97. The van der Waals surface area contributed by atoms with Crippen LogP contribution in [-0.4, -0.2) is 36.5 Å². The van der Waals surface area contributed by atoms with Crippen LogP contribution < -0.4 is 10.1 Å². The zero-order valence-corrected chi connectivity index (χ0v) is 15.9. The lowest BCUT2D eigenvalue weighted by atomic mass is 10.1. The van der Waals surface area contributed by atoms with Gasteiger partial charge in [0, 0.05) is 24.2 Å². The van der Waals surface area contributed by atoms with Gasteiger partial charge in [-0.2, -0.15) is 0 Å². The van der Waals surface area contributed by atoms with Crippen molar-refractivity contribution in [3.8, 4) is 5.75 Å². The number of nitrogens with one attached hydrogen (secondary N) is 1. The standard InChI is InChI=1S/C22H28N2O2/c1-16-6-4-7-18(12-16)15-26-21-9-5-8-19(13-21)22(25)23-14-17(2)24(3)20-10-11-20/h4-9,12-13,17,20H,10-11,14-15H2,1-3H3,(H,23,25). The van der Waals surface area contributed by atoms with Crippen molar-refractivity contribution in [1.29, 1.82) is 0 Å². The lowest BCUT2D eigenvalue weighted by Gasteiger charge is -2.24. The van der Waals surface area contributed by atoms with Gasteiger partial charge < -0.3 is 10.1 Å². The van der Waals surface area contributed by atoms with Crippen LogP contribution in [0.3, 0.4) is 0 Å². The quantitative estimate of drug-likeness (QED) is 0.786. The maximum Gasteiger partial charge on any atom is 0.251 e. The van der Waals surface area contributed by atoms with Gasteiger partial charge in [-0.25, -0.2) is 0 Å². The van der Waals surface area contributed by atoms with Crippen LogP contribution in [0.15, 0.2) is 48.5 Å². The van der Waals surface area contributed by atoms with E-state index in [1.807, 2.05) is 30.3 Å². The Morgan fingerprint density at radius 3 is 2.73 bits per heavy atom. The van der Waals surface area contributed by atoms with Gasteiger partial charge in [0.25, 0.3) is 5.91 Å². The summed E-state index contributed by atoms with van der Waals surface area (Å²) in [4.78, 5) is 14.8. The Bertz CT molecular complexity index is 755. The molecule has 1 saturated carbocycles. The Hall–Kier alpha value is -2.33. The molecule has 0 aromatic heterocycles. The summed E-state index contributed by atoms with van der Waals surface area (Å²) in [7, 11) is 2.13. The first kappa shape index (κ1) is 18.5. The first-order chi connectivity index (χ1) is 12.5. The number of benzene rings is 2. The molecule has 2 aromatic carbocycles. The molecule has 138 valence electrons. The van der Waals surface area contributed by atoms with Crippen molar-refractivity contribution in [2.45, 2.75) is 45.4 Å². The molecule has 1 amide bonds. The predicted octanol–water partition coefficient (Wildman–Crippen LogP) is 3.79. The molecule has 1 aliphatic carbocycles. The number of ether oxygens (including phenoxy) is 1. The average molecular weight is 352 g/mol. The van der Waals surface area contributed by atoms with E-state index in [1.165, 1.54) is 18.4 Å². The molecule has 0 heterocycles. The maximum absolute atomic E-state index is 12.4. The van der Waals surface area contributed by atoms with E-state index in [-0.39, 0.29) is 5.91 Å². The van der Waals surface area contributed by atoms with Crippen LogP contribution in [0.2, 0.25) is 0 Å². The van der Waals surface area contributed by atoms with E-state index in [0.29, 0.717) is 36.5 Å². The van der Waals surface area contributed by atoms with E-state index in [9.17, 15) is 4.79 Å². The normalized spacial score (nSPS) is 14.9. The lowest BCUT2D eigenvalue weighted by Crippen LogP contribution is -2.41. The molecule has 2 aromatic rings. The maximum atomic E-state index is 12.4. The molecule has 0 bridgehead atoms. The van der Waals surface area contributed by atoms with E-state index in [2.05, 4.69) is 43.2 Å². The first-order valence-corrected chi connectivity index (χ1v) is 9.31. The fourth-order valence-corrected chi connectivity index (χ4v) is 3.02. The van der Waals surface area contributed by atoms with Gasteiger partial charge >= 0.3 is 0 Å².